The molecule has 1 aliphatic rings. The Bertz CT molecular complexity index is 432. The van der Waals surface area contributed by atoms with Crippen LogP contribution < -0.4 is 10.6 Å². The summed E-state index contributed by atoms with van der Waals surface area (Å²) >= 11 is 0. The zero-order valence-corrected chi connectivity index (χ0v) is 10.0. The topological polar surface area (TPSA) is 80.3 Å². The predicted molar refractivity (Wildman–Crippen MR) is 63.8 cm³/mol. The molecule has 6 nitrogen and oxygen atoms in total. The highest BCUT2D eigenvalue weighted by molar-refractivity contribution is 5.99. The van der Waals surface area contributed by atoms with Crippen molar-refractivity contribution in [3.63, 3.8) is 0 Å². The monoisotopic (exact) mass is 237 g/mol. The molecule has 0 bridgehead atoms. The van der Waals surface area contributed by atoms with Crippen molar-refractivity contribution in [2.45, 2.75) is 13.8 Å². The molecule has 17 heavy (non-hydrogen) atoms. The standard InChI is InChI=1S/C8H9N3O.C3H6O2/c1-5-2-3-6-8(10-5)9-4-7(12)11-6;1-3(4)5-2/h2-3H,4H2,1H3,(H,9,10)(H,11,12);1-2H3. The van der Waals surface area contributed by atoms with Gasteiger partial charge in [0.25, 0.3) is 0 Å². The average Bonchev–Trinajstić information content (AvgIpc) is 2.30. The molecule has 0 atom stereocenters. The molecule has 2 rings (SSSR count). The Labute approximate surface area is 99.4 Å². The number of amides is 1. The van der Waals surface area contributed by atoms with Crippen molar-refractivity contribution in [1.29, 1.82) is 0 Å². The van der Waals surface area contributed by atoms with Gasteiger partial charge in [-0.05, 0) is 19.1 Å². The van der Waals surface area contributed by atoms with Gasteiger partial charge in [0, 0.05) is 12.6 Å². The number of nitrogens with zero attached hydrogens (tertiary/aromatic N) is 1. The van der Waals surface area contributed by atoms with E-state index in [4.69, 9.17) is 0 Å². The molecule has 0 spiro atoms. The number of ether oxygens (including phenoxy) is 1. The molecule has 2 N–H and O–H groups in total. The Kier molecular flexibility index (Phi) is 4.45. The summed E-state index contributed by atoms with van der Waals surface area (Å²) in [5.41, 5.74) is 1.70. The van der Waals surface area contributed by atoms with Crippen molar-refractivity contribution in [2.75, 3.05) is 24.3 Å². The molecular weight excluding hydrogens is 222 g/mol. The van der Waals surface area contributed by atoms with Crippen LogP contribution in [-0.2, 0) is 14.3 Å². The van der Waals surface area contributed by atoms with E-state index < -0.39 is 0 Å². The fourth-order valence-corrected chi connectivity index (χ4v) is 1.15. The number of carbonyl (C=O) groups is 2. The molecule has 1 amide bonds. The number of pyridine rings is 1. The van der Waals surface area contributed by atoms with Crippen LogP contribution in [0.1, 0.15) is 12.6 Å². The quantitative estimate of drug-likeness (QED) is 0.656. The van der Waals surface area contributed by atoms with Gasteiger partial charge in [-0.1, -0.05) is 0 Å². The van der Waals surface area contributed by atoms with Crippen LogP contribution in [-0.4, -0.2) is 30.5 Å². The zero-order valence-electron chi connectivity index (χ0n) is 10.0. The number of hydrogen-bond donors (Lipinski definition) is 2. The van der Waals surface area contributed by atoms with E-state index in [0.29, 0.717) is 6.54 Å². The fourth-order valence-electron chi connectivity index (χ4n) is 1.15. The minimum atomic E-state index is -0.245. The molecule has 0 saturated heterocycles. The van der Waals surface area contributed by atoms with Crippen LogP contribution in [0.15, 0.2) is 12.1 Å². The maximum absolute atomic E-state index is 10.9. The van der Waals surface area contributed by atoms with Crippen molar-refractivity contribution >= 4 is 23.4 Å². The summed E-state index contributed by atoms with van der Waals surface area (Å²) < 4.78 is 4.11. The van der Waals surface area contributed by atoms with E-state index in [1.165, 1.54) is 14.0 Å². The van der Waals surface area contributed by atoms with Crippen LogP contribution >= 0.6 is 0 Å². The second-order valence-electron chi connectivity index (χ2n) is 3.45. The number of methoxy groups -OCH3 is 1. The third-order valence-corrected chi connectivity index (χ3v) is 2.01. The molecule has 6 heteroatoms. The van der Waals surface area contributed by atoms with E-state index in [-0.39, 0.29) is 11.9 Å². The first-order valence-electron chi connectivity index (χ1n) is 5.09. The van der Waals surface area contributed by atoms with Crippen LogP contribution in [0, 0.1) is 6.92 Å². The minimum absolute atomic E-state index is 0.0202. The maximum Gasteiger partial charge on any atom is 0.302 e. The van der Waals surface area contributed by atoms with Gasteiger partial charge in [0.2, 0.25) is 5.91 Å². The highest BCUT2D eigenvalue weighted by Gasteiger charge is 2.13. The van der Waals surface area contributed by atoms with Gasteiger partial charge in [0.1, 0.15) is 0 Å². The van der Waals surface area contributed by atoms with Crippen molar-refractivity contribution < 1.29 is 14.3 Å². The van der Waals surface area contributed by atoms with E-state index >= 15 is 0 Å². The lowest BCUT2D eigenvalue weighted by Gasteiger charge is -2.17. The summed E-state index contributed by atoms with van der Waals surface area (Å²) in [5.74, 6) is 0.493. The molecule has 2 heterocycles. The third kappa shape index (κ3) is 4.10. The fraction of sp³-hybridized carbons (Fsp3) is 0.364. The molecule has 0 aromatic carbocycles. The summed E-state index contributed by atoms with van der Waals surface area (Å²) in [6.07, 6.45) is 0. The van der Waals surface area contributed by atoms with Gasteiger partial charge in [0.15, 0.2) is 5.82 Å². The number of carbonyl (C=O) groups excluding carboxylic acids is 2. The molecule has 1 aromatic rings. The van der Waals surface area contributed by atoms with Gasteiger partial charge in [-0.2, -0.15) is 0 Å². The van der Waals surface area contributed by atoms with E-state index in [1.807, 2.05) is 19.1 Å². The molecule has 0 unspecified atom stereocenters. The Hall–Kier alpha value is -2.11. The molecule has 0 radical (unpaired) electrons. The van der Waals surface area contributed by atoms with Crippen molar-refractivity contribution in [1.82, 2.24) is 4.98 Å². The molecule has 0 saturated carbocycles. The molecule has 1 aliphatic heterocycles. The lowest BCUT2D eigenvalue weighted by atomic mass is 10.3. The van der Waals surface area contributed by atoms with E-state index in [2.05, 4.69) is 20.4 Å². The van der Waals surface area contributed by atoms with Gasteiger partial charge in [-0.15, -0.1) is 0 Å². The van der Waals surface area contributed by atoms with Gasteiger partial charge >= 0.3 is 5.97 Å². The van der Waals surface area contributed by atoms with E-state index in [1.54, 1.807) is 0 Å². The van der Waals surface area contributed by atoms with Crippen LogP contribution in [0.3, 0.4) is 0 Å². The van der Waals surface area contributed by atoms with E-state index in [9.17, 15) is 9.59 Å². The lowest BCUT2D eigenvalue weighted by Crippen LogP contribution is -2.28. The lowest BCUT2D eigenvalue weighted by molar-refractivity contribution is -0.137. The van der Waals surface area contributed by atoms with Crippen molar-refractivity contribution in [3.05, 3.63) is 17.8 Å². The minimum Gasteiger partial charge on any atom is -0.469 e. The third-order valence-electron chi connectivity index (χ3n) is 2.01. The summed E-state index contributed by atoms with van der Waals surface area (Å²) in [6, 6.07) is 3.72. The molecule has 92 valence electrons. The first kappa shape index (κ1) is 13.0. The summed E-state index contributed by atoms with van der Waals surface area (Å²) in [7, 11) is 1.35. The molecule has 1 aromatic heterocycles. The second kappa shape index (κ2) is 5.83. The van der Waals surface area contributed by atoms with Crippen LogP contribution in [0.5, 0.6) is 0 Å². The SMILES string of the molecule is COC(C)=O.Cc1ccc2c(n1)NCC(=O)N2. The number of hydrogen-bond acceptors (Lipinski definition) is 5. The Morgan fingerprint density at radius 3 is 2.71 bits per heavy atom. The van der Waals surface area contributed by atoms with Gasteiger partial charge in [0.05, 0.1) is 19.3 Å². The smallest absolute Gasteiger partial charge is 0.302 e. The molecular formula is C11H15N3O3. The number of fused-ring (bicyclic) bond motifs is 1. The largest absolute Gasteiger partial charge is 0.469 e. The number of anilines is 2. The summed E-state index contributed by atoms with van der Waals surface area (Å²) in [4.78, 5) is 24.7. The second-order valence-corrected chi connectivity index (χ2v) is 3.45. The normalized spacial score (nSPS) is 12.3. The highest BCUT2D eigenvalue weighted by atomic mass is 16.5. The number of aryl methyl sites for hydroxylation is 1. The van der Waals surface area contributed by atoms with Gasteiger partial charge in [-0.25, -0.2) is 4.98 Å². The van der Waals surface area contributed by atoms with Crippen LogP contribution in [0.4, 0.5) is 11.5 Å². The zero-order chi connectivity index (χ0) is 12.8. The maximum atomic E-state index is 10.9. The van der Waals surface area contributed by atoms with Gasteiger partial charge < -0.3 is 15.4 Å². The molecule has 0 aliphatic carbocycles. The number of nitrogens with one attached hydrogen (secondary N) is 2. The number of esters is 1. The summed E-state index contributed by atoms with van der Waals surface area (Å²) in [5, 5.41) is 5.65. The Morgan fingerprint density at radius 2 is 2.12 bits per heavy atom. The Morgan fingerprint density at radius 1 is 1.47 bits per heavy atom. The number of rotatable bonds is 0. The average molecular weight is 237 g/mol. The predicted octanol–water partition coefficient (Wildman–Crippen LogP) is 0.933. The van der Waals surface area contributed by atoms with E-state index in [0.717, 1.165) is 17.2 Å². The molecule has 0 fully saturated rings. The van der Waals surface area contributed by atoms with Crippen molar-refractivity contribution in [2.24, 2.45) is 0 Å². The first-order chi connectivity index (χ1) is 8.02. The van der Waals surface area contributed by atoms with Crippen LogP contribution in [0.2, 0.25) is 0 Å². The van der Waals surface area contributed by atoms with Crippen LogP contribution in [0.25, 0.3) is 0 Å². The van der Waals surface area contributed by atoms with Gasteiger partial charge in [-0.3, -0.25) is 9.59 Å². The highest BCUT2D eigenvalue weighted by Crippen LogP contribution is 2.21. The number of aromatic nitrogens is 1. The van der Waals surface area contributed by atoms with Crippen molar-refractivity contribution in [3.8, 4) is 0 Å². The summed E-state index contributed by atoms with van der Waals surface area (Å²) in [6.45, 7) is 3.59. The first-order valence-corrected chi connectivity index (χ1v) is 5.09. The Balaban J connectivity index is 0.000000249.